The zero-order chi connectivity index (χ0) is 15.7. The van der Waals surface area contributed by atoms with E-state index in [0.717, 1.165) is 31.7 Å². The van der Waals surface area contributed by atoms with E-state index in [1.54, 1.807) is 0 Å². The molecule has 0 aromatic heterocycles. The third-order valence-electron chi connectivity index (χ3n) is 5.62. The highest BCUT2D eigenvalue weighted by molar-refractivity contribution is 5.86. The van der Waals surface area contributed by atoms with Gasteiger partial charge in [0.1, 0.15) is 0 Å². The first-order chi connectivity index (χ1) is 11.2. The second-order valence-electron chi connectivity index (χ2n) is 7.17. The maximum Gasteiger partial charge on any atom is 0.227 e. The van der Waals surface area contributed by atoms with E-state index in [9.17, 15) is 4.79 Å². The molecule has 2 aliphatic heterocycles. The Morgan fingerprint density at radius 2 is 1.79 bits per heavy atom. The lowest BCUT2D eigenvalue weighted by atomic mass is 9.78. The van der Waals surface area contributed by atoms with Crippen molar-refractivity contribution in [3.05, 3.63) is 48.0 Å². The third kappa shape index (κ3) is 3.42. The quantitative estimate of drug-likeness (QED) is 0.905. The summed E-state index contributed by atoms with van der Waals surface area (Å²) >= 11 is 0. The molecule has 0 aliphatic carbocycles. The largest absolute Gasteiger partial charge is 0.342 e. The SMILES string of the molecule is Cl.O=C(Cc1ccc2ccccc2c1)N1CCC2(CCNCC2)C1. The van der Waals surface area contributed by atoms with Crippen molar-refractivity contribution in [2.75, 3.05) is 26.2 Å². The topological polar surface area (TPSA) is 32.3 Å². The summed E-state index contributed by atoms with van der Waals surface area (Å²) < 4.78 is 0. The number of amides is 1. The van der Waals surface area contributed by atoms with Crippen LogP contribution in [0.5, 0.6) is 0 Å². The van der Waals surface area contributed by atoms with E-state index in [4.69, 9.17) is 0 Å². The van der Waals surface area contributed by atoms with E-state index in [1.807, 2.05) is 0 Å². The number of benzene rings is 2. The number of nitrogens with zero attached hydrogens (tertiary/aromatic N) is 1. The second-order valence-corrected chi connectivity index (χ2v) is 7.17. The van der Waals surface area contributed by atoms with E-state index >= 15 is 0 Å². The van der Waals surface area contributed by atoms with E-state index in [-0.39, 0.29) is 18.3 Å². The molecule has 0 radical (unpaired) electrons. The van der Waals surface area contributed by atoms with Crippen LogP contribution in [-0.4, -0.2) is 37.0 Å². The van der Waals surface area contributed by atoms with Crippen LogP contribution in [0.4, 0.5) is 0 Å². The summed E-state index contributed by atoms with van der Waals surface area (Å²) in [6.45, 7) is 4.10. The maximum absolute atomic E-state index is 12.7. The molecule has 0 atom stereocenters. The molecule has 2 saturated heterocycles. The number of halogens is 1. The highest BCUT2D eigenvalue weighted by Gasteiger charge is 2.40. The van der Waals surface area contributed by atoms with Crippen LogP contribution in [0.25, 0.3) is 10.8 Å². The maximum atomic E-state index is 12.7. The summed E-state index contributed by atoms with van der Waals surface area (Å²) in [7, 11) is 0. The third-order valence-corrected chi connectivity index (χ3v) is 5.62. The predicted octanol–water partition coefficient (Wildman–Crippen LogP) is 3.41. The van der Waals surface area contributed by atoms with Crippen LogP contribution in [-0.2, 0) is 11.2 Å². The Morgan fingerprint density at radius 3 is 2.58 bits per heavy atom. The summed E-state index contributed by atoms with van der Waals surface area (Å²) in [5.74, 6) is 0.288. The summed E-state index contributed by atoms with van der Waals surface area (Å²) in [5.41, 5.74) is 1.52. The number of hydrogen-bond acceptors (Lipinski definition) is 2. The van der Waals surface area contributed by atoms with Crippen LogP contribution in [0.15, 0.2) is 42.5 Å². The Kier molecular flexibility index (Phi) is 5.12. The van der Waals surface area contributed by atoms with Crippen molar-refractivity contribution in [1.82, 2.24) is 10.2 Å². The molecule has 1 N–H and O–H groups in total. The minimum atomic E-state index is 0. The number of carbonyl (C=O) groups excluding carboxylic acids is 1. The smallest absolute Gasteiger partial charge is 0.227 e. The number of piperidine rings is 1. The van der Waals surface area contributed by atoms with Crippen LogP contribution in [0, 0.1) is 5.41 Å². The molecule has 2 aromatic rings. The second kappa shape index (κ2) is 7.12. The number of nitrogens with one attached hydrogen (secondary N) is 1. The standard InChI is InChI=1S/C20H24N2O.ClH/c23-19(22-12-9-20(15-22)7-10-21-11-8-20)14-16-5-6-17-3-1-2-4-18(17)13-16;/h1-6,13,21H,7-12,14-15H2;1H. The van der Waals surface area contributed by atoms with Crippen LogP contribution >= 0.6 is 12.4 Å². The average molecular weight is 345 g/mol. The highest BCUT2D eigenvalue weighted by atomic mass is 35.5. The van der Waals surface area contributed by atoms with E-state index in [1.165, 1.54) is 30.0 Å². The molecule has 1 spiro atoms. The lowest BCUT2D eigenvalue weighted by Crippen LogP contribution is -2.40. The van der Waals surface area contributed by atoms with Gasteiger partial charge in [0.25, 0.3) is 0 Å². The lowest BCUT2D eigenvalue weighted by Gasteiger charge is -2.33. The fourth-order valence-corrected chi connectivity index (χ4v) is 4.15. The Hall–Kier alpha value is -1.58. The Morgan fingerprint density at radius 1 is 1.04 bits per heavy atom. The van der Waals surface area contributed by atoms with Gasteiger partial charge in [0, 0.05) is 13.1 Å². The number of rotatable bonds is 2. The van der Waals surface area contributed by atoms with E-state index < -0.39 is 0 Å². The summed E-state index contributed by atoms with van der Waals surface area (Å²) in [4.78, 5) is 14.8. The fourth-order valence-electron chi connectivity index (χ4n) is 4.15. The van der Waals surface area contributed by atoms with Crippen LogP contribution in [0.2, 0.25) is 0 Å². The number of fused-ring (bicyclic) bond motifs is 1. The molecule has 2 aliphatic rings. The molecule has 4 heteroatoms. The molecule has 2 fully saturated rings. The molecule has 0 unspecified atom stereocenters. The normalized spacial score (nSPS) is 19.4. The van der Waals surface area contributed by atoms with Crippen molar-refractivity contribution in [1.29, 1.82) is 0 Å². The molecule has 24 heavy (non-hydrogen) atoms. The van der Waals surface area contributed by atoms with Gasteiger partial charge in [-0.05, 0) is 54.1 Å². The van der Waals surface area contributed by atoms with E-state index in [0.29, 0.717) is 11.8 Å². The molecular formula is C20H25ClN2O. The monoisotopic (exact) mass is 344 g/mol. The Labute approximate surface area is 149 Å². The summed E-state index contributed by atoms with van der Waals surface area (Å²) in [6, 6.07) is 14.7. The first-order valence-corrected chi connectivity index (χ1v) is 8.70. The first-order valence-electron chi connectivity index (χ1n) is 8.70. The Bertz CT molecular complexity index is 724. The zero-order valence-corrected chi connectivity index (χ0v) is 14.8. The minimum absolute atomic E-state index is 0. The van der Waals surface area contributed by atoms with Gasteiger partial charge in [0.15, 0.2) is 0 Å². The van der Waals surface area contributed by atoms with Crippen LogP contribution in [0.3, 0.4) is 0 Å². The predicted molar refractivity (Wildman–Crippen MR) is 101 cm³/mol. The van der Waals surface area contributed by atoms with Gasteiger partial charge in [-0.25, -0.2) is 0 Å². The first kappa shape index (κ1) is 17.2. The molecule has 3 nitrogen and oxygen atoms in total. The van der Waals surface area contributed by atoms with Gasteiger partial charge in [0.2, 0.25) is 5.91 Å². The van der Waals surface area contributed by atoms with Gasteiger partial charge in [-0.3, -0.25) is 4.79 Å². The van der Waals surface area contributed by atoms with E-state index in [2.05, 4.69) is 52.7 Å². The molecule has 4 rings (SSSR count). The fraction of sp³-hybridized carbons (Fsp3) is 0.450. The van der Waals surface area contributed by atoms with Gasteiger partial charge in [0.05, 0.1) is 6.42 Å². The highest BCUT2D eigenvalue weighted by Crippen LogP contribution is 2.38. The summed E-state index contributed by atoms with van der Waals surface area (Å²) in [5, 5.41) is 5.88. The molecule has 128 valence electrons. The van der Waals surface area contributed by atoms with Gasteiger partial charge in [-0.2, -0.15) is 0 Å². The molecular weight excluding hydrogens is 320 g/mol. The average Bonchev–Trinajstić information content (AvgIpc) is 2.99. The number of likely N-dealkylation sites (tertiary alicyclic amines) is 1. The van der Waals surface area contributed by atoms with Gasteiger partial charge in [-0.15, -0.1) is 12.4 Å². The minimum Gasteiger partial charge on any atom is -0.342 e. The zero-order valence-electron chi connectivity index (χ0n) is 14.0. The molecule has 2 aromatic carbocycles. The van der Waals surface area contributed by atoms with Crippen molar-refractivity contribution >= 4 is 29.1 Å². The molecule has 1 amide bonds. The van der Waals surface area contributed by atoms with Crippen molar-refractivity contribution < 1.29 is 4.79 Å². The number of hydrogen-bond donors (Lipinski definition) is 1. The van der Waals surface area contributed by atoms with Crippen LogP contribution in [0.1, 0.15) is 24.8 Å². The van der Waals surface area contributed by atoms with Crippen molar-refractivity contribution in [2.24, 2.45) is 5.41 Å². The molecule has 0 saturated carbocycles. The van der Waals surface area contributed by atoms with Crippen molar-refractivity contribution in [3.8, 4) is 0 Å². The van der Waals surface area contributed by atoms with Crippen molar-refractivity contribution in [3.63, 3.8) is 0 Å². The molecule has 2 heterocycles. The number of carbonyl (C=O) groups is 1. The molecule has 0 bridgehead atoms. The summed E-state index contributed by atoms with van der Waals surface area (Å²) in [6.07, 6.45) is 4.14. The van der Waals surface area contributed by atoms with Gasteiger partial charge < -0.3 is 10.2 Å². The lowest BCUT2D eigenvalue weighted by molar-refractivity contribution is -0.129. The van der Waals surface area contributed by atoms with Crippen molar-refractivity contribution in [2.45, 2.75) is 25.7 Å². The van der Waals surface area contributed by atoms with Crippen LogP contribution < -0.4 is 5.32 Å². The Balaban J connectivity index is 0.00000169. The van der Waals surface area contributed by atoms with Gasteiger partial charge in [-0.1, -0.05) is 42.5 Å². The van der Waals surface area contributed by atoms with Gasteiger partial charge >= 0.3 is 0 Å².